The molecule has 0 radical (unpaired) electrons. The van der Waals surface area contributed by atoms with Crippen molar-refractivity contribution in [2.75, 3.05) is 23.4 Å². The second-order valence-corrected chi connectivity index (χ2v) is 5.41. The number of nitrogens with zero attached hydrogens (tertiary/aromatic N) is 1. The first-order valence-corrected chi connectivity index (χ1v) is 7.52. The molecule has 1 heterocycles. The second kappa shape index (κ2) is 6.52. The van der Waals surface area contributed by atoms with Gasteiger partial charge in [-0.2, -0.15) is 0 Å². The smallest absolute Gasteiger partial charge is 0.262 e. The van der Waals surface area contributed by atoms with Crippen LogP contribution in [-0.2, 0) is 16.0 Å². The zero-order valence-corrected chi connectivity index (χ0v) is 12.9. The molecule has 0 saturated carbocycles. The van der Waals surface area contributed by atoms with E-state index in [1.807, 2.05) is 36.4 Å². The lowest BCUT2D eigenvalue weighted by Crippen LogP contribution is -2.26. The molecule has 0 bridgehead atoms. The van der Waals surface area contributed by atoms with E-state index in [1.54, 1.807) is 24.0 Å². The summed E-state index contributed by atoms with van der Waals surface area (Å²) in [6.07, 6.45) is 0.847. The molecule has 5 heteroatoms. The Bertz CT molecular complexity index is 728. The number of ether oxygens (including phenoxy) is 1. The minimum absolute atomic E-state index is 0.0136. The van der Waals surface area contributed by atoms with Crippen LogP contribution in [-0.4, -0.2) is 25.0 Å². The summed E-state index contributed by atoms with van der Waals surface area (Å²) in [5.74, 6) is 0.431. The van der Waals surface area contributed by atoms with E-state index in [1.165, 1.54) is 0 Å². The predicted molar refractivity (Wildman–Crippen MR) is 88.7 cm³/mol. The van der Waals surface area contributed by atoms with Gasteiger partial charge in [-0.3, -0.25) is 9.59 Å². The highest BCUT2D eigenvalue weighted by Crippen LogP contribution is 2.30. The molecule has 0 atom stereocenters. The number of carbonyl (C=O) groups excluding carboxylic acids is 2. The quantitative estimate of drug-likeness (QED) is 0.944. The van der Waals surface area contributed by atoms with Crippen molar-refractivity contribution in [3.05, 3.63) is 54.1 Å². The lowest BCUT2D eigenvalue weighted by atomic mass is 10.1. The van der Waals surface area contributed by atoms with Gasteiger partial charge in [-0.25, -0.2) is 0 Å². The molecule has 0 unspecified atom stereocenters. The van der Waals surface area contributed by atoms with Crippen molar-refractivity contribution in [1.82, 2.24) is 0 Å². The Labute approximate surface area is 134 Å². The van der Waals surface area contributed by atoms with Crippen molar-refractivity contribution >= 4 is 23.2 Å². The van der Waals surface area contributed by atoms with Crippen LogP contribution >= 0.6 is 0 Å². The van der Waals surface area contributed by atoms with Crippen LogP contribution in [0.2, 0.25) is 0 Å². The average molecular weight is 310 g/mol. The lowest BCUT2D eigenvalue weighted by Gasteiger charge is -2.16. The van der Waals surface area contributed by atoms with E-state index in [0.717, 1.165) is 17.7 Å². The molecule has 0 aromatic heterocycles. The minimum atomic E-state index is -0.235. The number of para-hydroxylation sites is 1. The van der Waals surface area contributed by atoms with Gasteiger partial charge in [0.05, 0.1) is 0 Å². The number of hydrogen-bond donors (Lipinski definition) is 1. The minimum Gasteiger partial charge on any atom is -0.484 e. The van der Waals surface area contributed by atoms with Gasteiger partial charge in [0.25, 0.3) is 5.91 Å². The van der Waals surface area contributed by atoms with Crippen molar-refractivity contribution in [2.24, 2.45) is 0 Å². The molecule has 0 saturated heterocycles. The van der Waals surface area contributed by atoms with Crippen LogP contribution in [0.25, 0.3) is 0 Å². The summed E-state index contributed by atoms with van der Waals surface area (Å²) in [5.41, 5.74) is 2.66. The molecule has 2 amide bonds. The molecule has 23 heavy (non-hydrogen) atoms. The fourth-order valence-corrected chi connectivity index (χ4v) is 2.65. The Balaban J connectivity index is 1.63. The molecule has 5 nitrogen and oxygen atoms in total. The number of hydrogen-bond acceptors (Lipinski definition) is 3. The monoisotopic (exact) mass is 310 g/mol. The fourth-order valence-electron chi connectivity index (χ4n) is 2.65. The maximum Gasteiger partial charge on any atom is 0.262 e. The number of fused-ring (bicyclic) bond motifs is 1. The van der Waals surface area contributed by atoms with E-state index in [9.17, 15) is 9.59 Å². The molecule has 1 N–H and O–H groups in total. The summed E-state index contributed by atoms with van der Waals surface area (Å²) in [7, 11) is 0. The third kappa shape index (κ3) is 3.51. The number of nitrogens with one attached hydrogen (secondary N) is 1. The van der Waals surface area contributed by atoms with E-state index in [4.69, 9.17) is 4.74 Å². The van der Waals surface area contributed by atoms with E-state index in [0.29, 0.717) is 18.0 Å². The van der Waals surface area contributed by atoms with Gasteiger partial charge in [-0.15, -0.1) is 0 Å². The molecule has 118 valence electrons. The Hall–Kier alpha value is -2.82. The van der Waals surface area contributed by atoms with Gasteiger partial charge in [-0.1, -0.05) is 24.3 Å². The first-order chi connectivity index (χ1) is 11.1. The molecule has 1 aliphatic heterocycles. The zero-order chi connectivity index (χ0) is 16.2. The summed E-state index contributed by atoms with van der Waals surface area (Å²) < 4.78 is 5.42. The lowest BCUT2D eigenvalue weighted by molar-refractivity contribution is -0.118. The van der Waals surface area contributed by atoms with Crippen LogP contribution in [0.4, 0.5) is 11.4 Å². The Morgan fingerprint density at radius 3 is 2.70 bits per heavy atom. The van der Waals surface area contributed by atoms with E-state index < -0.39 is 0 Å². The van der Waals surface area contributed by atoms with Gasteiger partial charge in [-0.05, 0) is 36.2 Å². The van der Waals surface area contributed by atoms with Gasteiger partial charge in [0.1, 0.15) is 5.75 Å². The molecule has 1 aliphatic rings. The summed E-state index contributed by atoms with van der Waals surface area (Å²) >= 11 is 0. The number of anilines is 2. The SMILES string of the molecule is CC(=O)N1CCc2ccc(NC(=O)COc3ccccc3)cc21. The molecule has 2 aromatic rings. The maximum atomic E-state index is 12.0. The Morgan fingerprint density at radius 2 is 1.96 bits per heavy atom. The van der Waals surface area contributed by atoms with Crippen LogP contribution in [0.5, 0.6) is 5.75 Å². The predicted octanol–water partition coefficient (Wildman–Crippen LogP) is 2.61. The van der Waals surface area contributed by atoms with Gasteiger partial charge < -0.3 is 15.0 Å². The van der Waals surface area contributed by atoms with Crippen molar-refractivity contribution in [3.8, 4) is 5.75 Å². The highest BCUT2D eigenvalue weighted by molar-refractivity contribution is 5.96. The Morgan fingerprint density at radius 1 is 1.17 bits per heavy atom. The van der Waals surface area contributed by atoms with Crippen LogP contribution in [0.1, 0.15) is 12.5 Å². The Kier molecular flexibility index (Phi) is 4.28. The number of amides is 2. The fraction of sp³-hybridized carbons (Fsp3) is 0.222. The summed E-state index contributed by atoms with van der Waals surface area (Å²) in [6.45, 7) is 2.19. The third-order valence-corrected chi connectivity index (χ3v) is 3.76. The molecule has 2 aromatic carbocycles. The summed E-state index contributed by atoms with van der Waals surface area (Å²) in [5, 5.41) is 2.80. The van der Waals surface area contributed by atoms with Crippen molar-refractivity contribution < 1.29 is 14.3 Å². The largest absolute Gasteiger partial charge is 0.484 e. The van der Waals surface area contributed by atoms with Gasteiger partial charge in [0, 0.05) is 24.8 Å². The van der Waals surface area contributed by atoms with Crippen molar-refractivity contribution in [2.45, 2.75) is 13.3 Å². The van der Waals surface area contributed by atoms with Crippen LogP contribution in [0.3, 0.4) is 0 Å². The van der Waals surface area contributed by atoms with E-state index >= 15 is 0 Å². The van der Waals surface area contributed by atoms with E-state index in [2.05, 4.69) is 5.32 Å². The number of rotatable bonds is 4. The van der Waals surface area contributed by atoms with Crippen LogP contribution < -0.4 is 15.0 Å². The summed E-state index contributed by atoms with van der Waals surface area (Å²) in [4.78, 5) is 25.3. The van der Waals surface area contributed by atoms with Gasteiger partial charge in [0.15, 0.2) is 6.61 Å². The standard InChI is InChI=1S/C18H18N2O3/c1-13(21)20-10-9-14-7-8-15(11-17(14)20)19-18(22)12-23-16-5-3-2-4-6-16/h2-8,11H,9-10,12H2,1H3,(H,19,22). The average Bonchev–Trinajstić information content (AvgIpc) is 2.97. The first kappa shape index (κ1) is 15.1. The number of benzene rings is 2. The normalized spacial score (nSPS) is 12.7. The van der Waals surface area contributed by atoms with Crippen LogP contribution in [0.15, 0.2) is 48.5 Å². The third-order valence-electron chi connectivity index (χ3n) is 3.76. The topological polar surface area (TPSA) is 58.6 Å². The van der Waals surface area contributed by atoms with Crippen molar-refractivity contribution in [3.63, 3.8) is 0 Å². The molecular weight excluding hydrogens is 292 g/mol. The van der Waals surface area contributed by atoms with E-state index in [-0.39, 0.29) is 18.4 Å². The van der Waals surface area contributed by atoms with Gasteiger partial charge >= 0.3 is 0 Å². The molecular formula is C18H18N2O3. The molecule has 0 fully saturated rings. The number of carbonyl (C=O) groups is 2. The molecule has 3 rings (SSSR count). The zero-order valence-electron chi connectivity index (χ0n) is 12.9. The molecule has 0 spiro atoms. The first-order valence-electron chi connectivity index (χ1n) is 7.52. The summed E-state index contributed by atoms with van der Waals surface area (Å²) in [6, 6.07) is 14.8. The van der Waals surface area contributed by atoms with Crippen molar-refractivity contribution in [1.29, 1.82) is 0 Å². The maximum absolute atomic E-state index is 12.0. The highest BCUT2D eigenvalue weighted by Gasteiger charge is 2.22. The second-order valence-electron chi connectivity index (χ2n) is 5.41. The van der Waals surface area contributed by atoms with Crippen LogP contribution in [0, 0.1) is 0 Å². The highest BCUT2D eigenvalue weighted by atomic mass is 16.5. The molecule has 0 aliphatic carbocycles. The van der Waals surface area contributed by atoms with Gasteiger partial charge in [0.2, 0.25) is 5.91 Å².